The lowest BCUT2D eigenvalue weighted by Gasteiger charge is -2.38. The first-order valence-corrected chi connectivity index (χ1v) is 7.07. The lowest BCUT2D eigenvalue weighted by molar-refractivity contribution is 0.0635. The number of piperazine rings is 1. The minimum absolute atomic E-state index is 0.231. The molecule has 110 valence electrons. The van der Waals surface area contributed by atoms with Crippen LogP contribution in [-0.4, -0.2) is 67.9 Å². The van der Waals surface area contributed by atoms with Crippen molar-refractivity contribution < 1.29 is 9.84 Å². The molecule has 0 bridgehead atoms. The van der Waals surface area contributed by atoms with Crippen LogP contribution in [0.2, 0.25) is 0 Å². The summed E-state index contributed by atoms with van der Waals surface area (Å²) in [5.41, 5.74) is 1.18. The molecule has 0 spiro atoms. The molecular formula is C16H24N2O2. The molecule has 1 unspecified atom stereocenters. The fraction of sp³-hybridized carbons (Fsp3) is 0.500. The number of aliphatic hydroxyl groups excluding tert-OH is 1. The number of methoxy groups -OCH3 is 1. The van der Waals surface area contributed by atoms with Crippen LogP contribution in [0.15, 0.2) is 30.3 Å². The summed E-state index contributed by atoms with van der Waals surface area (Å²) in [5.74, 6) is 0.881. The van der Waals surface area contributed by atoms with Crippen molar-refractivity contribution in [1.29, 1.82) is 0 Å². The van der Waals surface area contributed by atoms with Gasteiger partial charge in [-0.25, -0.2) is 0 Å². The Morgan fingerprint density at radius 2 is 2.05 bits per heavy atom. The number of ether oxygens (including phenoxy) is 1. The number of nitrogens with zero attached hydrogens (tertiary/aromatic N) is 2. The summed E-state index contributed by atoms with van der Waals surface area (Å²) in [6.07, 6.45) is 4.31. The zero-order chi connectivity index (χ0) is 14.4. The summed E-state index contributed by atoms with van der Waals surface area (Å²) >= 11 is 0. The second-order valence-electron chi connectivity index (χ2n) is 5.25. The minimum atomic E-state index is 0.231. The molecule has 1 N–H and O–H groups in total. The molecule has 1 aromatic rings. The number of likely N-dealkylation sites (N-methyl/N-ethyl adjacent to an activating group) is 1. The zero-order valence-electron chi connectivity index (χ0n) is 12.3. The molecule has 1 fully saturated rings. The van der Waals surface area contributed by atoms with E-state index in [1.165, 1.54) is 5.56 Å². The number of hydrogen-bond acceptors (Lipinski definition) is 4. The fourth-order valence-electron chi connectivity index (χ4n) is 2.43. The monoisotopic (exact) mass is 276 g/mol. The first kappa shape index (κ1) is 15.0. The van der Waals surface area contributed by atoms with E-state index in [2.05, 4.69) is 41.1 Å². The van der Waals surface area contributed by atoms with E-state index >= 15 is 0 Å². The van der Waals surface area contributed by atoms with E-state index in [0.29, 0.717) is 0 Å². The molecule has 1 aromatic carbocycles. The molecule has 0 saturated carbocycles. The molecule has 1 aliphatic heterocycles. The molecule has 1 saturated heterocycles. The van der Waals surface area contributed by atoms with Gasteiger partial charge >= 0.3 is 0 Å². The van der Waals surface area contributed by atoms with E-state index in [4.69, 9.17) is 4.74 Å². The highest BCUT2D eigenvalue weighted by molar-refractivity contribution is 5.50. The van der Waals surface area contributed by atoms with Crippen molar-refractivity contribution in [3.8, 4) is 5.75 Å². The summed E-state index contributed by atoms with van der Waals surface area (Å²) in [7, 11) is 3.75. The highest BCUT2D eigenvalue weighted by atomic mass is 16.5. The van der Waals surface area contributed by atoms with Gasteiger partial charge < -0.3 is 9.84 Å². The van der Waals surface area contributed by atoms with Crippen LogP contribution >= 0.6 is 0 Å². The van der Waals surface area contributed by atoms with Gasteiger partial charge in [0.1, 0.15) is 5.75 Å². The Hall–Kier alpha value is -1.36. The first-order valence-electron chi connectivity index (χ1n) is 7.07. The second-order valence-corrected chi connectivity index (χ2v) is 5.25. The standard InChI is InChI=1S/C16H24N2O2/c1-17-10-11-18(12-15(17)13-19)9-3-4-14-5-7-16(20-2)8-6-14/h3-8,15,19H,9-13H2,1-2H3/b4-3+. The average molecular weight is 276 g/mol. The van der Waals surface area contributed by atoms with Gasteiger partial charge in [-0.15, -0.1) is 0 Å². The Morgan fingerprint density at radius 3 is 2.70 bits per heavy atom. The van der Waals surface area contributed by atoms with Crippen LogP contribution in [-0.2, 0) is 0 Å². The quantitative estimate of drug-likeness (QED) is 0.880. The van der Waals surface area contributed by atoms with Crippen molar-refractivity contribution in [2.45, 2.75) is 6.04 Å². The molecule has 0 amide bonds. The predicted octanol–water partition coefficient (Wildman–Crippen LogP) is 1.32. The summed E-state index contributed by atoms with van der Waals surface area (Å²) in [5, 5.41) is 9.33. The summed E-state index contributed by atoms with van der Waals surface area (Å²) < 4.78 is 5.14. The third-order valence-corrected chi connectivity index (χ3v) is 3.86. The van der Waals surface area contributed by atoms with Crippen molar-refractivity contribution >= 4 is 6.08 Å². The van der Waals surface area contributed by atoms with Gasteiger partial charge in [-0.2, -0.15) is 0 Å². The lowest BCUT2D eigenvalue weighted by Crippen LogP contribution is -2.52. The van der Waals surface area contributed by atoms with Crippen LogP contribution in [0.25, 0.3) is 6.08 Å². The average Bonchev–Trinajstić information content (AvgIpc) is 2.49. The smallest absolute Gasteiger partial charge is 0.118 e. The Kier molecular flexibility index (Phi) is 5.59. The third-order valence-electron chi connectivity index (χ3n) is 3.86. The molecular weight excluding hydrogens is 252 g/mol. The van der Waals surface area contributed by atoms with Gasteiger partial charge in [0.15, 0.2) is 0 Å². The Balaban J connectivity index is 1.83. The van der Waals surface area contributed by atoms with Gasteiger partial charge in [0.25, 0.3) is 0 Å². The van der Waals surface area contributed by atoms with Gasteiger partial charge in [0.05, 0.1) is 13.7 Å². The van der Waals surface area contributed by atoms with Crippen molar-refractivity contribution in [3.63, 3.8) is 0 Å². The van der Waals surface area contributed by atoms with Crippen LogP contribution in [0.5, 0.6) is 5.75 Å². The fourth-order valence-corrected chi connectivity index (χ4v) is 2.43. The van der Waals surface area contributed by atoms with E-state index in [0.717, 1.165) is 31.9 Å². The Labute approximate surface area is 121 Å². The van der Waals surface area contributed by atoms with Crippen LogP contribution in [0, 0.1) is 0 Å². The maximum absolute atomic E-state index is 9.33. The number of aliphatic hydroxyl groups is 1. The molecule has 0 aliphatic carbocycles. The van der Waals surface area contributed by atoms with E-state index < -0.39 is 0 Å². The van der Waals surface area contributed by atoms with E-state index in [1.807, 2.05) is 12.1 Å². The molecule has 4 nitrogen and oxygen atoms in total. The van der Waals surface area contributed by atoms with Crippen molar-refractivity contribution in [2.75, 3.05) is 46.9 Å². The highest BCUT2D eigenvalue weighted by Gasteiger charge is 2.22. The van der Waals surface area contributed by atoms with Crippen LogP contribution in [0.1, 0.15) is 5.56 Å². The van der Waals surface area contributed by atoms with Gasteiger partial charge in [0.2, 0.25) is 0 Å². The molecule has 4 heteroatoms. The van der Waals surface area contributed by atoms with Crippen LogP contribution < -0.4 is 4.74 Å². The van der Waals surface area contributed by atoms with Crippen molar-refractivity contribution in [2.24, 2.45) is 0 Å². The lowest BCUT2D eigenvalue weighted by atomic mass is 10.1. The van der Waals surface area contributed by atoms with E-state index in [9.17, 15) is 5.11 Å². The third kappa shape index (κ3) is 4.07. The Morgan fingerprint density at radius 1 is 1.30 bits per heavy atom. The van der Waals surface area contributed by atoms with Crippen LogP contribution in [0.3, 0.4) is 0 Å². The predicted molar refractivity (Wildman–Crippen MR) is 82.0 cm³/mol. The molecule has 20 heavy (non-hydrogen) atoms. The topological polar surface area (TPSA) is 35.9 Å². The van der Waals surface area contributed by atoms with Gasteiger partial charge in [-0.1, -0.05) is 24.3 Å². The SMILES string of the molecule is COc1ccc(/C=C/CN2CCN(C)C(CO)C2)cc1. The molecule has 1 aliphatic rings. The maximum atomic E-state index is 9.33. The second kappa shape index (κ2) is 7.43. The maximum Gasteiger partial charge on any atom is 0.118 e. The minimum Gasteiger partial charge on any atom is -0.497 e. The van der Waals surface area contributed by atoms with E-state index in [1.54, 1.807) is 7.11 Å². The van der Waals surface area contributed by atoms with Crippen molar-refractivity contribution in [3.05, 3.63) is 35.9 Å². The van der Waals surface area contributed by atoms with E-state index in [-0.39, 0.29) is 12.6 Å². The molecule has 0 aromatic heterocycles. The van der Waals surface area contributed by atoms with Crippen molar-refractivity contribution in [1.82, 2.24) is 9.80 Å². The molecule has 2 rings (SSSR count). The molecule has 1 heterocycles. The molecule has 0 radical (unpaired) electrons. The number of rotatable bonds is 5. The zero-order valence-corrected chi connectivity index (χ0v) is 12.3. The normalized spacial score (nSPS) is 21.4. The first-order chi connectivity index (χ1) is 9.72. The van der Waals surface area contributed by atoms with Crippen LogP contribution in [0.4, 0.5) is 0 Å². The summed E-state index contributed by atoms with van der Waals surface area (Å²) in [6.45, 7) is 4.16. The van der Waals surface area contributed by atoms with Gasteiger partial charge in [-0.05, 0) is 24.7 Å². The number of benzene rings is 1. The summed E-state index contributed by atoms with van der Waals surface area (Å²) in [6, 6.07) is 8.30. The largest absolute Gasteiger partial charge is 0.497 e. The number of hydrogen-bond donors (Lipinski definition) is 1. The highest BCUT2D eigenvalue weighted by Crippen LogP contribution is 2.12. The molecule has 1 atom stereocenters. The van der Waals surface area contributed by atoms with Gasteiger partial charge in [0, 0.05) is 32.2 Å². The van der Waals surface area contributed by atoms with Gasteiger partial charge in [-0.3, -0.25) is 9.80 Å². The Bertz CT molecular complexity index is 431. The summed E-state index contributed by atoms with van der Waals surface area (Å²) in [4.78, 5) is 4.60.